The molecule has 0 fully saturated rings. The third-order valence-corrected chi connectivity index (χ3v) is 5.54. The Labute approximate surface area is 147 Å². The minimum Gasteiger partial charge on any atom is -0.324 e. The summed E-state index contributed by atoms with van der Waals surface area (Å²) in [7, 11) is -4.80. The Kier molecular flexibility index (Phi) is 6.20. The number of benzene rings is 2. The van der Waals surface area contributed by atoms with Crippen molar-refractivity contribution in [3.63, 3.8) is 0 Å². The Bertz CT molecular complexity index is 844. The predicted molar refractivity (Wildman–Crippen MR) is 90.4 cm³/mol. The fourth-order valence-electron chi connectivity index (χ4n) is 1.81. The number of carbonyl (C=O) groups is 1. The highest BCUT2D eigenvalue weighted by Gasteiger charge is 2.29. The zero-order valence-electron chi connectivity index (χ0n) is 12.1. The van der Waals surface area contributed by atoms with Crippen LogP contribution in [0.3, 0.4) is 0 Å². The zero-order valence-corrected chi connectivity index (χ0v) is 14.5. The largest absolute Gasteiger partial charge is 0.341 e. The molecule has 2 aromatic rings. The lowest BCUT2D eigenvalue weighted by molar-refractivity contribution is -0.113. The molecule has 0 radical (unpaired) electrons. The number of para-hydroxylation sites is 1. The van der Waals surface area contributed by atoms with E-state index in [9.17, 15) is 22.0 Å². The first-order valence-corrected chi connectivity index (χ1v) is 9.51. The molecule has 0 saturated heterocycles. The predicted octanol–water partition coefficient (Wildman–Crippen LogP) is 4.07. The molecule has 0 aromatic heterocycles. The summed E-state index contributed by atoms with van der Waals surface area (Å²) in [5.74, 6) is -4.10. The highest BCUT2D eigenvalue weighted by atomic mass is 35.5. The molecule has 4 nitrogen and oxygen atoms in total. The molecule has 0 aliphatic rings. The summed E-state index contributed by atoms with van der Waals surface area (Å²) in [6.45, 7) is 0. The maximum absolute atomic E-state index is 12.7. The average Bonchev–Trinajstić information content (AvgIpc) is 2.53. The topological polar surface area (TPSA) is 63.2 Å². The molecule has 9 heteroatoms. The first kappa shape index (κ1) is 18.7. The van der Waals surface area contributed by atoms with E-state index >= 15 is 0 Å². The van der Waals surface area contributed by atoms with E-state index in [1.165, 1.54) is 30.0 Å². The van der Waals surface area contributed by atoms with Crippen LogP contribution >= 0.6 is 23.4 Å². The highest BCUT2D eigenvalue weighted by Crippen LogP contribution is 2.27. The smallest absolute Gasteiger partial charge is 0.324 e. The number of nitrogens with one attached hydrogen (secondary N) is 1. The quantitative estimate of drug-likeness (QED) is 0.754. The first-order chi connectivity index (χ1) is 11.3. The van der Waals surface area contributed by atoms with Gasteiger partial charge in [0.1, 0.15) is 0 Å². The number of hydrogen-bond acceptors (Lipinski definition) is 4. The minimum absolute atomic E-state index is 0.0244. The standard InChI is InChI=1S/C15H12ClF2NO3S2/c16-10-4-3-5-11(8-10)23-9-14(20)19-12-6-1-2-7-13(12)24(21,22)15(17)18/h1-8,15H,9H2,(H,19,20). The molecular formula is C15H12ClF2NO3S2. The van der Waals surface area contributed by atoms with E-state index in [0.29, 0.717) is 5.02 Å². The fourth-order valence-corrected chi connectivity index (χ4v) is 3.70. The first-order valence-electron chi connectivity index (χ1n) is 6.60. The lowest BCUT2D eigenvalue weighted by atomic mass is 10.3. The molecule has 0 unspecified atom stereocenters. The van der Waals surface area contributed by atoms with Crippen LogP contribution in [0.5, 0.6) is 0 Å². The van der Waals surface area contributed by atoms with Crippen molar-refractivity contribution in [2.75, 3.05) is 11.1 Å². The van der Waals surface area contributed by atoms with Crippen LogP contribution in [0, 0.1) is 0 Å². The second-order valence-electron chi connectivity index (χ2n) is 4.60. The molecule has 0 aliphatic carbocycles. The maximum Gasteiger partial charge on any atom is 0.341 e. The van der Waals surface area contributed by atoms with Crippen molar-refractivity contribution in [1.29, 1.82) is 0 Å². The number of sulfone groups is 1. The number of carbonyl (C=O) groups excluding carboxylic acids is 1. The van der Waals surface area contributed by atoms with Crippen molar-refractivity contribution < 1.29 is 22.0 Å². The minimum atomic E-state index is -4.80. The summed E-state index contributed by atoms with van der Waals surface area (Å²) in [5.41, 5.74) is -0.172. The molecule has 1 amide bonds. The number of anilines is 1. The zero-order chi connectivity index (χ0) is 17.7. The number of amides is 1. The molecule has 0 heterocycles. The number of hydrogen-bond donors (Lipinski definition) is 1. The number of halogens is 3. The molecule has 24 heavy (non-hydrogen) atoms. The van der Waals surface area contributed by atoms with Crippen LogP contribution in [0.2, 0.25) is 5.02 Å². The summed E-state index contributed by atoms with van der Waals surface area (Å²) >= 11 is 7.03. The lowest BCUT2D eigenvalue weighted by Gasteiger charge is -2.11. The molecule has 128 valence electrons. The molecule has 0 saturated carbocycles. The number of alkyl halides is 2. The summed E-state index contributed by atoms with van der Waals surface area (Å²) < 4.78 is 48.7. The highest BCUT2D eigenvalue weighted by molar-refractivity contribution is 8.00. The van der Waals surface area contributed by atoms with E-state index in [-0.39, 0.29) is 11.4 Å². The van der Waals surface area contributed by atoms with Crippen LogP contribution < -0.4 is 5.32 Å². The van der Waals surface area contributed by atoms with Crippen molar-refractivity contribution in [1.82, 2.24) is 0 Å². The van der Waals surface area contributed by atoms with E-state index in [1.54, 1.807) is 24.3 Å². The monoisotopic (exact) mass is 391 g/mol. The Morgan fingerprint density at radius 3 is 2.54 bits per heavy atom. The van der Waals surface area contributed by atoms with Crippen molar-refractivity contribution in [3.05, 3.63) is 53.6 Å². The van der Waals surface area contributed by atoms with E-state index < -0.39 is 26.4 Å². The van der Waals surface area contributed by atoms with Gasteiger partial charge in [-0.3, -0.25) is 4.79 Å². The number of rotatable bonds is 6. The van der Waals surface area contributed by atoms with Gasteiger partial charge in [-0.15, -0.1) is 11.8 Å². The van der Waals surface area contributed by atoms with Crippen LogP contribution in [-0.2, 0) is 14.6 Å². The van der Waals surface area contributed by atoms with Crippen LogP contribution in [0.15, 0.2) is 58.3 Å². The maximum atomic E-state index is 12.7. The SMILES string of the molecule is O=C(CSc1cccc(Cl)c1)Nc1ccccc1S(=O)(=O)C(F)F. The van der Waals surface area contributed by atoms with Crippen LogP contribution in [0.1, 0.15) is 0 Å². The molecule has 0 bridgehead atoms. The van der Waals surface area contributed by atoms with Gasteiger partial charge in [0.25, 0.3) is 0 Å². The molecular weight excluding hydrogens is 380 g/mol. The van der Waals surface area contributed by atoms with Crippen molar-refractivity contribution in [3.8, 4) is 0 Å². The third-order valence-electron chi connectivity index (χ3n) is 2.87. The fraction of sp³-hybridized carbons (Fsp3) is 0.133. The summed E-state index contributed by atoms with van der Waals surface area (Å²) in [6.07, 6.45) is 0. The van der Waals surface area contributed by atoms with Gasteiger partial charge in [0.15, 0.2) is 0 Å². The van der Waals surface area contributed by atoms with Gasteiger partial charge in [-0.25, -0.2) is 8.42 Å². The second kappa shape index (κ2) is 7.96. The van der Waals surface area contributed by atoms with E-state index in [1.807, 2.05) is 0 Å². The number of thioether (sulfide) groups is 1. The molecule has 1 N–H and O–H groups in total. The van der Waals surface area contributed by atoms with Crippen molar-refractivity contribution >= 4 is 44.8 Å². The Hall–Kier alpha value is -1.64. The van der Waals surface area contributed by atoms with Gasteiger partial charge in [0, 0.05) is 9.92 Å². The van der Waals surface area contributed by atoms with Gasteiger partial charge in [-0.1, -0.05) is 29.8 Å². The second-order valence-corrected chi connectivity index (χ2v) is 7.97. The van der Waals surface area contributed by atoms with E-state index in [4.69, 9.17) is 11.6 Å². The Morgan fingerprint density at radius 1 is 1.17 bits per heavy atom. The Balaban J connectivity index is 2.10. The molecule has 2 aromatic carbocycles. The molecule has 0 spiro atoms. The molecule has 0 atom stereocenters. The van der Waals surface area contributed by atoms with Gasteiger partial charge in [-0.2, -0.15) is 8.78 Å². The summed E-state index contributed by atoms with van der Waals surface area (Å²) in [6, 6.07) is 11.9. The lowest BCUT2D eigenvalue weighted by Crippen LogP contribution is -2.18. The normalized spacial score (nSPS) is 11.5. The average molecular weight is 392 g/mol. The molecule has 0 aliphatic heterocycles. The summed E-state index contributed by atoms with van der Waals surface area (Å²) in [4.78, 5) is 12.1. The van der Waals surface area contributed by atoms with Gasteiger partial charge in [0.05, 0.1) is 16.3 Å². The van der Waals surface area contributed by atoms with Crippen LogP contribution in [-0.4, -0.2) is 25.8 Å². The van der Waals surface area contributed by atoms with Crippen molar-refractivity contribution in [2.24, 2.45) is 0 Å². The van der Waals surface area contributed by atoms with Gasteiger partial charge in [-0.05, 0) is 30.3 Å². The van der Waals surface area contributed by atoms with Crippen LogP contribution in [0.25, 0.3) is 0 Å². The third kappa shape index (κ3) is 4.68. The van der Waals surface area contributed by atoms with E-state index in [0.717, 1.165) is 11.0 Å². The van der Waals surface area contributed by atoms with Gasteiger partial charge in [0.2, 0.25) is 15.7 Å². The van der Waals surface area contributed by atoms with Crippen molar-refractivity contribution in [2.45, 2.75) is 15.5 Å². The van der Waals surface area contributed by atoms with Gasteiger partial charge < -0.3 is 5.32 Å². The van der Waals surface area contributed by atoms with Gasteiger partial charge >= 0.3 is 5.76 Å². The van der Waals surface area contributed by atoms with E-state index in [2.05, 4.69) is 5.32 Å². The Morgan fingerprint density at radius 2 is 1.88 bits per heavy atom. The van der Waals surface area contributed by atoms with Crippen LogP contribution in [0.4, 0.5) is 14.5 Å². The summed E-state index contributed by atoms with van der Waals surface area (Å²) in [5, 5.41) is 2.87. The molecule has 2 rings (SSSR count).